The molecule has 4 atom stereocenters. The van der Waals surface area contributed by atoms with Gasteiger partial charge in [-0.3, -0.25) is 4.79 Å². The number of esters is 1. The van der Waals surface area contributed by atoms with Crippen LogP contribution in [0.1, 0.15) is 43.0 Å². The number of benzene rings is 2. The van der Waals surface area contributed by atoms with Crippen molar-refractivity contribution in [3.05, 3.63) is 54.1 Å². The van der Waals surface area contributed by atoms with E-state index in [1.54, 1.807) is 24.3 Å². The molecule has 174 valence electrons. The average molecular weight is 449 g/mol. The summed E-state index contributed by atoms with van der Waals surface area (Å²) in [4.78, 5) is 27.0. The minimum atomic E-state index is -0.588. The minimum absolute atomic E-state index is 0.103. The van der Waals surface area contributed by atoms with Gasteiger partial charge in [0.15, 0.2) is 6.61 Å². The first kappa shape index (κ1) is 23.0. The molecular weight excluding hydrogens is 416 g/mol. The molecule has 2 aliphatic carbocycles. The molecule has 0 spiro atoms. The van der Waals surface area contributed by atoms with Gasteiger partial charge >= 0.3 is 5.97 Å². The number of hydrogen-bond acceptors (Lipinski definition) is 6. The molecule has 7 heteroatoms. The smallest absolute Gasteiger partial charge is 0.340 e. The van der Waals surface area contributed by atoms with E-state index in [4.69, 9.17) is 4.74 Å². The Morgan fingerprint density at radius 2 is 1.82 bits per heavy atom. The fourth-order valence-corrected chi connectivity index (χ4v) is 5.18. The molecule has 2 aromatic rings. The summed E-state index contributed by atoms with van der Waals surface area (Å²) in [6.45, 7) is 1.76. The van der Waals surface area contributed by atoms with Crippen molar-refractivity contribution in [2.24, 2.45) is 28.0 Å². The largest absolute Gasteiger partial charge is 0.452 e. The predicted molar refractivity (Wildman–Crippen MR) is 128 cm³/mol. The molecule has 0 unspecified atom stereocenters. The van der Waals surface area contributed by atoms with E-state index in [-0.39, 0.29) is 24.1 Å². The van der Waals surface area contributed by atoms with Gasteiger partial charge in [-0.15, -0.1) is 5.11 Å². The SMILES string of the molecule is C[C@@H](NC(=O)COC(=O)c1ccccc1N=Nc1ccc(N(C)C)cc1)[C@@H]1C[C@H]2CC[C@H]1C2. The van der Waals surface area contributed by atoms with E-state index in [2.05, 4.69) is 22.5 Å². The molecule has 0 radical (unpaired) electrons. The van der Waals surface area contributed by atoms with Crippen LogP contribution in [0.5, 0.6) is 0 Å². The Balaban J connectivity index is 1.32. The van der Waals surface area contributed by atoms with Crippen LogP contribution in [0, 0.1) is 17.8 Å². The van der Waals surface area contributed by atoms with E-state index in [0.717, 1.165) is 17.5 Å². The summed E-state index contributed by atoms with van der Waals surface area (Å²) in [5, 5.41) is 11.5. The first-order valence-electron chi connectivity index (χ1n) is 11.7. The van der Waals surface area contributed by atoms with E-state index < -0.39 is 5.97 Å². The lowest BCUT2D eigenvalue weighted by atomic mass is 9.84. The third-order valence-electron chi connectivity index (χ3n) is 6.92. The monoisotopic (exact) mass is 448 g/mol. The molecule has 0 saturated heterocycles. The Morgan fingerprint density at radius 1 is 1.06 bits per heavy atom. The second-order valence-electron chi connectivity index (χ2n) is 9.40. The van der Waals surface area contributed by atoms with Gasteiger partial charge in [0.05, 0.1) is 11.3 Å². The maximum atomic E-state index is 12.6. The van der Waals surface area contributed by atoms with Crippen LogP contribution in [0.4, 0.5) is 17.1 Å². The van der Waals surface area contributed by atoms with Crippen molar-refractivity contribution in [3.63, 3.8) is 0 Å². The highest BCUT2D eigenvalue weighted by atomic mass is 16.5. The molecule has 1 N–H and O–H groups in total. The van der Waals surface area contributed by atoms with Gasteiger partial charge in [-0.1, -0.05) is 18.6 Å². The van der Waals surface area contributed by atoms with Crippen molar-refractivity contribution >= 4 is 28.9 Å². The summed E-state index contributed by atoms with van der Waals surface area (Å²) in [7, 11) is 3.94. The van der Waals surface area contributed by atoms with Crippen molar-refractivity contribution in [3.8, 4) is 0 Å². The van der Waals surface area contributed by atoms with Crippen molar-refractivity contribution < 1.29 is 14.3 Å². The number of nitrogens with one attached hydrogen (secondary N) is 1. The van der Waals surface area contributed by atoms with Crippen LogP contribution in [0.2, 0.25) is 0 Å². The van der Waals surface area contributed by atoms with Crippen molar-refractivity contribution in [1.82, 2.24) is 5.32 Å². The quantitative estimate of drug-likeness (QED) is 0.441. The Kier molecular flexibility index (Phi) is 7.06. The molecule has 1 amide bonds. The Bertz CT molecular complexity index is 1020. The van der Waals surface area contributed by atoms with Crippen LogP contribution < -0.4 is 10.2 Å². The first-order chi connectivity index (χ1) is 15.9. The number of hydrogen-bond donors (Lipinski definition) is 1. The second kappa shape index (κ2) is 10.1. The molecule has 2 bridgehead atoms. The zero-order chi connectivity index (χ0) is 23.4. The zero-order valence-corrected chi connectivity index (χ0v) is 19.5. The lowest BCUT2D eigenvalue weighted by Gasteiger charge is -2.28. The highest BCUT2D eigenvalue weighted by molar-refractivity contribution is 5.96. The highest BCUT2D eigenvalue weighted by Gasteiger charge is 2.42. The molecule has 2 aromatic carbocycles. The van der Waals surface area contributed by atoms with Gasteiger partial charge in [-0.25, -0.2) is 4.79 Å². The van der Waals surface area contributed by atoms with Gasteiger partial charge in [0.25, 0.3) is 5.91 Å². The van der Waals surface area contributed by atoms with Crippen molar-refractivity contribution in [1.29, 1.82) is 0 Å². The minimum Gasteiger partial charge on any atom is -0.452 e. The molecule has 2 aliphatic rings. The summed E-state index contributed by atoms with van der Waals surface area (Å²) in [6, 6.07) is 14.6. The number of ether oxygens (including phenoxy) is 1. The van der Waals surface area contributed by atoms with E-state index in [1.807, 2.05) is 43.3 Å². The highest BCUT2D eigenvalue weighted by Crippen LogP contribution is 2.49. The van der Waals surface area contributed by atoms with E-state index in [1.165, 1.54) is 25.7 Å². The molecule has 0 aliphatic heterocycles. The summed E-state index contributed by atoms with van der Waals surface area (Å²) < 4.78 is 5.29. The molecule has 0 aromatic heterocycles. The molecular formula is C26H32N4O3. The molecule has 2 saturated carbocycles. The standard InChI is InChI=1S/C26H32N4O3/c1-17(23-15-18-8-9-19(23)14-18)27-25(31)16-33-26(32)22-6-4-5-7-24(22)29-28-20-10-12-21(13-11-20)30(2)3/h4-7,10-13,17-19,23H,8-9,14-16H2,1-3H3,(H,27,31)/t17-,18+,19+,23+/m1/s1. The third kappa shape index (κ3) is 5.59. The first-order valence-corrected chi connectivity index (χ1v) is 11.7. The zero-order valence-electron chi connectivity index (χ0n) is 19.5. The number of azo groups is 1. The maximum absolute atomic E-state index is 12.6. The topological polar surface area (TPSA) is 83.4 Å². The van der Waals surface area contributed by atoms with E-state index in [0.29, 0.717) is 17.3 Å². The lowest BCUT2D eigenvalue weighted by molar-refractivity contribution is -0.125. The Hall–Kier alpha value is -3.22. The van der Waals surface area contributed by atoms with Crippen molar-refractivity contribution in [2.75, 3.05) is 25.6 Å². The number of rotatable bonds is 8. The molecule has 33 heavy (non-hydrogen) atoms. The van der Waals surface area contributed by atoms with Crippen LogP contribution in [0.15, 0.2) is 58.8 Å². The summed E-state index contributed by atoms with van der Waals surface area (Å²) in [5.74, 6) is 1.24. The fraction of sp³-hybridized carbons (Fsp3) is 0.462. The van der Waals surface area contributed by atoms with Gasteiger partial charge < -0.3 is 15.0 Å². The van der Waals surface area contributed by atoms with E-state index >= 15 is 0 Å². The van der Waals surface area contributed by atoms with Gasteiger partial charge in [0.1, 0.15) is 5.69 Å². The molecule has 0 heterocycles. The number of fused-ring (bicyclic) bond motifs is 2. The van der Waals surface area contributed by atoms with Crippen molar-refractivity contribution in [2.45, 2.75) is 38.6 Å². The average Bonchev–Trinajstić information content (AvgIpc) is 3.45. The Morgan fingerprint density at radius 3 is 2.48 bits per heavy atom. The van der Waals surface area contributed by atoms with Crippen LogP contribution in [-0.4, -0.2) is 38.6 Å². The van der Waals surface area contributed by atoms with E-state index in [9.17, 15) is 9.59 Å². The van der Waals surface area contributed by atoms with Crippen LogP contribution in [0.3, 0.4) is 0 Å². The number of carbonyl (C=O) groups is 2. The molecule has 7 nitrogen and oxygen atoms in total. The number of anilines is 1. The number of amides is 1. The van der Waals surface area contributed by atoms with Gasteiger partial charge in [-0.05, 0) is 80.3 Å². The number of carbonyl (C=O) groups excluding carboxylic acids is 2. The third-order valence-corrected chi connectivity index (χ3v) is 6.92. The number of nitrogens with zero attached hydrogens (tertiary/aromatic N) is 3. The summed E-state index contributed by atoms with van der Waals surface area (Å²) >= 11 is 0. The van der Waals surface area contributed by atoms with Gasteiger partial charge in [0, 0.05) is 25.8 Å². The van der Waals surface area contributed by atoms with Crippen LogP contribution in [-0.2, 0) is 9.53 Å². The predicted octanol–water partition coefficient (Wildman–Crippen LogP) is 5.27. The normalized spacial score (nSPS) is 22.3. The summed E-state index contributed by atoms with van der Waals surface area (Å²) in [6.07, 6.45) is 5.10. The second-order valence-corrected chi connectivity index (χ2v) is 9.40. The van der Waals surface area contributed by atoms with Crippen LogP contribution >= 0.6 is 0 Å². The fourth-order valence-electron chi connectivity index (χ4n) is 5.18. The maximum Gasteiger partial charge on any atom is 0.340 e. The van der Waals surface area contributed by atoms with Gasteiger partial charge in [-0.2, -0.15) is 5.11 Å². The van der Waals surface area contributed by atoms with Crippen LogP contribution in [0.25, 0.3) is 0 Å². The Labute approximate surface area is 195 Å². The van der Waals surface area contributed by atoms with Gasteiger partial charge in [0.2, 0.25) is 0 Å². The lowest BCUT2D eigenvalue weighted by Crippen LogP contribution is -2.42. The summed E-state index contributed by atoms with van der Waals surface area (Å²) in [5.41, 5.74) is 2.42. The molecule has 2 fully saturated rings. The molecule has 4 rings (SSSR count).